The number of carbonyl (C=O) groups is 1. The molecule has 0 aliphatic heterocycles. The molecule has 0 amide bonds. The van der Waals surface area contributed by atoms with Crippen LogP contribution in [0.5, 0.6) is 0 Å². The van der Waals surface area contributed by atoms with Crippen molar-refractivity contribution in [1.29, 1.82) is 0 Å². The summed E-state index contributed by atoms with van der Waals surface area (Å²) in [5, 5.41) is 0. The molecule has 4 heteroatoms. The van der Waals surface area contributed by atoms with E-state index in [9.17, 15) is 4.79 Å². The molecule has 0 heterocycles. The summed E-state index contributed by atoms with van der Waals surface area (Å²) in [6.07, 6.45) is 6.83. The summed E-state index contributed by atoms with van der Waals surface area (Å²) in [7, 11) is 2.19. The lowest BCUT2D eigenvalue weighted by molar-refractivity contribution is -0.149. The molecule has 1 aliphatic carbocycles. The van der Waals surface area contributed by atoms with Crippen molar-refractivity contribution in [2.75, 3.05) is 20.2 Å². The smallest absolute Gasteiger partial charge is 0.325 e. The summed E-state index contributed by atoms with van der Waals surface area (Å²) in [5.41, 5.74) is 5.14. The molecule has 4 nitrogen and oxygen atoms in total. The topological polar surface area (TPSA) is 55.6 Å². The minimum absolute atomic E-state index is 0.280. The average Bonchev–Trinajstić information content (AvgIpc) is 2.22. The highest BCUT2D eigenvalue weighted by atomic mass is 16.5. The van der Waals surface area contributed by atoms with Gasteiger partial charge >= 0.3 is 5.97 Å². The first-order valence-electron chi connectivity index (χ1n) is 7.13. The molecule has 1 aliphatic rings. The van der Waals surface area contributed by atoms with Gasteiger partial charge in [0.25, 0.3) is 0 Å². The third kappa shape index (κ3) is 4.58. The lowest BCUT2D eigenvalue weighted by Crippen LogP contribution is -2.46. The van der Waals surface area contributed by atoms with Crippen molar-refractivity contribution in [1.82, 2.24) is 4.90 Å². The lowest BCUT2D eigenvalue weighted by atomic mass is 9.91. The Hall–Kier alpha value is -0.610. The van der Waals surface area contributed by atoms with Gasteiger partial charge in [-0.3, -0.25) is 4.79 Å². The molecule has 0 aromatic heterocycles. The second kappa shape index (κ2) is 7.10. The van der Waals surface area contributed by atoms with Crippen LogP contribution in [0.15, 0.2) is 0 Å². The second-order valence-electron chi connectivity index (χ2n) is 5.66. The fourth-order valence-electron chi connectivity index (χ4n) is 2.26. The van der Waals surface area contributed by atoms with E-state index in [1.807, 2.05) is 6.92 Å². The normalized spacial score (nSPS) is 19.4. The van der Waals surface area contributed by atoms with Crippen molar-refractivity contribution in [2.45, 2.75) is 64.0 Å². The van der Waals surface area contributed by atoms with E-state index < -0.39 is 5.54 Å². The molecule has 1 fully saturated rings. The van der Waals surface area contributed by atoms with Crippen LogP contribution < -0.4 is 5.73 Å². The predicted octanol–water partition coefficient (Wildman–Crippen LogP) is 1.92. The highest BCUT2D eigenvalue weighted by Gasteiger charge is 2.29. The van der Waals surface area contributed by atoms with Gasteiger partial charge in [-0.15, -0.1) is 0 Å². The van der Waals surface area contributed by atoms with Crippen LogP contribution >= 0.6 is 0 Å². The zero-order valence-corrected chi connectivity index (χ0v) is 12.1. The zero-order valence-electron chi connectivity index (χ0n) is 12.1. The number of hydrogen-bond donors (Lipinski definition) is 1. The van der Waals surface area contributed by atoms with Crippen LogP contribution in [0, 0.1) is 0 Å². The summed E-state index contributed by atoms with van der Waals surface area (Å²) < 4.78 is 4.98. The minimum Gasteiger partial charge on any atom is -0.465 e. The molecule has 0 radical (unpaired) electrons. The van der Waals surface area contributed by atoms with Gasteiger partial charge in [0.15, 0.2) is 0 Å². The Morgan fingerprint density at radius 1 is 1.44 bits per heavy atom. The number of nitrogens with zero attached hydrogens (tertiary/aromatic N) is 1. The zero-order chi connectivity index (χ0) is 13.6. The van der Waals surface area contributed by atoms with Gasteiger partial charge in [0.1, 0.15) is 5.54 Å². The van der Waals surface area contributed by atoms with Crippen LogP contribution in [0.4, 0.5) is 0 Å². The third-order valence-electron chi connectivity index (χ3n) is 3.90. The molecular formula is C14H28N2O2. The molecule has 1 rings (SSSR count). The van der Waals surface area contributed by atoms with Crippen LogP contribution in [-0.4, -0.2) is 42.6 Å². The molecule has 0 bridgehead atoms. The van der Waals surface area contributed by atoms with Crippen molar-refractivity contribution in [3.8, 4) is 0 Å². The molecule has 0 aromatic rings. The number of nitrogens with two attached hydrogens (primary N) is 1. The highest BCUT2D eigenvalue weighted by molar-refractivity contribution is 5.79. The van der Waals surface area contributed by atoms with E-state index >= 15 is 0 Å². The first-order chi connectivity index (χ1) is 8.47. The van der Waals surface area contributed by atoms with Gasteiger partial charge < -0.3 is 15.4 Å². The first kappa shape index (κ1) is 15.4. The number of unbranched alkanes of at least 4 members (excludes halogenated alkanes) is 1. The predicted molar refractivity (Wildman–Crippen MR) is 73.3 cm³/mol. The van der Waals surface area contributed by atoms with Gasteiger partial charge in [-0.2, -0.15) is 0 Å². The van der Waals surface area contributed by atoms with Crippen LogP contribution in [0.25, 0.3) is 0 Å². The number of esters is 1. The van der Waals surface area contributed by atoms with Crippen molar-refractivity contribution >= 4 is 5.97 Å². The van der Waals surface area contributed by atoms with E-state index in [1.165, 1.54) is 19.3 Å². The Kier molecular flexibility index (Phi) is 6.09. The molecule has 106 valence electrons. The Morgan fingerprint density at radius 2 is 2.11 bits per heavy atom. The van der Waals surface area contributed by atoms with Gasteiger partial charge in [0.05, 0.1) is 6.61 Å². The largest absolute Gasteiger partial charge is 0.465 e. The molecule has 0 aromatic carbocycles. The first-order valence-corrected chi connectivity index (χ1v) is 7.13. The van der Waals surface area contributed by atoms with E-state index in [1.54, 1.807) is 6.92 Å². The number of carbonyl (C=O) groups excluding carboxylic acids is 1. The fraction of sp³-hybridized carbons (Fsp3) is 0.929. The SMILES string of the molecule is CCOC(=O)C(C)(N)CCCCN(C)C1CCC1. The molecule has 1 atom stereocenters. The number of ether oxygens (including phenoxy) is 1. The van der Waals surface area contributed by atoms with Crippen LogP contribution in [-0.2, 0) is 9.53 Å². The van der Waals surface area contributed by atoms with Crippen LogP contribution in [0.2, 0.25) is 0 Å². The van der Waals surface area contributed by atoms with E-state index in [4.69, 9.17) is 10.5 Å². The monoisotopic (exact) mass is 256 g/mol. The summed E-state index contributed by atoms with van der Waals surface area (Å²) in [6, 6.07) is 0.791. The summed E-state index contributed by atoms with van der Waals surface area (Å²) in [6.45, 7) is 5.07. The van der Waals surface area contributed by atoms with E-state index in [2.05, 4.69) is 11.9 Å². The Labute approximate surface area is 111 Å². The quantitative estimate of drug-likeness (QED) is 0.532. The van der Waals surface area contributed by atoms with Crippen LogP contribution in [0.1, 0.15) is 52.4 Å². The van der Waals surface area contributed by atoms with Crippen molar-refractivity contribution < 1.29 is 9.53 Å². The average molecular weight is 256 g/mol. The molecule has 1 unspecified atom stereocenters. The van der Waals surface area contributed by atoms with E-state index in [-0.39, 0.29) is 5.97 Å². The van der Waals surface area contributed by atoms with Crippen molar-refractivity contribution in [3.05, 3.63) is 0 Å². The molecule has 0 spiro atoms. The van der Waals surface area contributed by atoms with Gasteiger partial charge in [-0.25, -0.2) is 0 Å². The Balaban J connectivity index is 2.13. The lowest BCUT2D eigenvalue weighted by Gasteiger charge is -2.34. The molecule has 0 saturated heterocycles. The molecule has 18 heavy (non-hydrogen) atoms. The summed E-state index contributed by atoms with van der Waals surface area (Å²) >= 11 is 0. The van der Waals surface area contributed by atoms with Gasteiger partial charge in [-0.1, -0.05) is 6.42 Å². The molecule has 2 N–H and O–H groups in total. The number of hydrogen-bond acceptors (Lipinski definition) is 4. The maximum Gasteiger partial charge on any atom is 0.325 e. The number of rotatable bonds is 8. The summed E-state index contributed by atoms with van der Waals surface area (Å²) in [4.78, 5) is 14.0. The maximum absolute atomic E-state index is 11.6. The third-order valence-corrected chi connectivity index (χ3v) is 3.90. The van der Waals surface area contributed by atoms with Crippen molar-refractivity contribution in [2.24, 2.45) is 5.73 Å². The van der Waals surface area contributed by atoms with Gasteiger partial charge in [-0.05, 0) is 59.5 Å². The van der Waals surface area contributed by atoms with E-state index in [0.29, 0.717) is 13.0 Å². The van der Waals surface area contributed by atoms with Gasteiger partial charge in [0, 0.05) is 6.04 Å². The molecular weight excluding hydrogens is 228 g/mol. The minimum atomic E-state index is -0.828. The second-order valence-corrected chi connectivity index (χ2v) is 5.66. The van der Waals surface area contributed by atoms with E-state index in [0.717, 1.165) is 25.4 Å². The maximum atomic E-state index is 11.6. The fourth-order valence-corrected chi connectivity index (χ4v) is 2.26. The van der Waals surface area contributed by atoms with Crippen LogP contribution in [0.3, 0.4) is 0 Å². The Bertz CT molecular complexity index is 263. The highest BCUT2D eigenvalue weighted by Crippen LogP contribution is 2.24. The standard InChI is InChI=1S/C14H28N2O2/c1-4-18-13(17)14(2,15)10-5-6-11-16(3)12-8-7-9-12/h12H,4-11,15H2,1-3H3. The van der Waals surface area contributed by atoms with Crippen molar-refractivity contribution in [3.63, 3.8) is 0 Å². The molecule has 1 saturated carbocycles. The Morgan fingerprint density at radius 3 is 2.61 bits per heavy atom. The summed E-state index contributed by atoms with van der Waals surface area (Å²) in [5.74, 6) is -0.280. The van der Waals surface area contributed by atoms with Gasteiger partial charge in [0.2, 0.25) is 0 Å².